The fraction of sp³-hybridized carbons (Fsp3) is 1.00. The van der Waals surface area contributed by atoms with Crippen LogP contribution in [0.2, 0.25) is 0 Å². The van der Waals surface area contributed by atoms with Crippen molar-refractivity contribution >= 4 is 38.5 Å². The Bertz CT molecular complexity index is 32.1. The van der Waals surface area contributed by atoms with Crippen molar-refractivity contribution < 1.29 is 10.2 Å². The molecule has 0 aromatic heterocycles. The van der Waals surface area contributed by atoms with Gasteiger partial charge in [0, 0.05) is 31.6 Å². The summed E-state index contributed by atoms with van der Waals surface area (Å²) in [6.45, 7) is -0.191. The van der Waals surface area contributed by atoms with Crippen molar-refractivity contribution in [3.63, 3.8) is 0 Å². The first-order valence-electron chi connectivity index (χ1n) is 1.71. The topological polar surface area (TPSA) is 40.5 Å². The Kier molecular flexibility index (Phi) is 11.2. The standard InChI is InChI=1S/C3H8O2S.In/c4-1-3(5)2-6;/h3-6H,1-2H2;. The molecule has 1 unspecified atom stereocenters. The Morgan fingerprint density at radius 1 is 1.57 bits per heavy atom. The summed E-state index contributed by atoms with van der Waals surface area (Å²) < 4.78 is 0. The zero-order valence-electron chi connectivity index (χ0n) is 3.91. The van der Waals surface area contributed by atoms with Gasteiger partial charge in [-0.15, -0.1) is 0 Å². The van der Waals surface area contributed by atoms with E-state index >= 15 is 0 Å². The minimum atomic E-state index is -0.645. The molecule has 0 aliphatic heterocycles. The first kappa shape index (κ1) is 11.0. The van der Waals surface area contributed by atoms with Crippen LogP contribution in [0.4, 0.5) is 0 Å². The van der Waals surface area contributed by atoms with Crippen molar-refractivity contribution in [1.29, 1.82) is 0 Å². The van der Waals surface area contributed by atoms with Crippen molar-refractivity contribution in [1.82, 2.24) is 0 Å². The Labute approximate surface area is 67.1 Å². The van der Waals surface area contributed by atoms with Crippen LogP contribution >= 0.6 is 12.6 Å². The number of aliphatic hydroxyl groups excluding tert-OH is 2. The van der Waals surface area contributed by atoms with E-state index in [9.17, 15) is 0 Å². The van der Waals surface area contributed by atoms with E-state index in [1.54, 1.807) is 0 Å². The second-order valence-electron chi connectivity index (χ2n) is 1.02. The van der Waals surface area contributed by atoms with Crippen molar-refractivity contribution in [3.05, 3.63) is 0 Å². The van der Waals surface area contributed by atoms with Crippen molar-refractivity contribution in [2.24, 2.45) is 0 Å². The van der Waals surface area contributed by atoms with Gasteiger partial charge in [-0.3, -0.25) is 0 Å². The van der Waals surface area contributed by atoms with Crippen molar-refractivity contribution in [2.75, 3.05) is 12.4 Å². The SMILES string of the molecule is OCC(O)CS.[In]. The molecule has 0 fully saturated rings. The summed E-state index contributed by atoms with van der Waals surface area (Å²) in [5.74, 6) is 0.330. The van der Waals surface area contributed by atoms with Crippen LogP contribution < -0.4 is 0 Å². The average Bonchev–Trinajstić information content (AvgIpc) is 1.65. The Balaban J connectivity index is 0. The monoisotopic (exact) mass is 223 g/mol. The van der Waals surface area contributed by atoms with Crippen LogP contribution in [0.15, 0.2) is 0 Å². The molecule has 0 aromatic carbocycles. The molecule has 7 heavy (non-hydrogen) atoms. The van der Waals surface area contributed by atoms with E-state index < -0.39 is 6.10 Å². The van der Waals surface area contributed by atoms with Crippen LogP contribution in [-0.2, 0) is 0 Å². The van der Waals surface area contributed by atoms with Gasteiger partial charge in [-0.25, -0.2) is 0 Å². The molecule has 4 heteroatoms. The predicted octanol–water partition coefficient (Wildman–Crippen LogP) is -1.11. The van der Waals surface area contributed by atoms with Gasteiger partial charge in [0.05, 0.1) is 12.7 Å². The summed E-state index contributed by atoms with van der Waals surface area (Å²) in [7, 11) is 0. The Morgan fingerprint density at radius 3 is 2.00 bits per heavy atom. The molecular formula is C3H8InO2S. The minimum Gasteiger partial charge on any atom is -0.394 e. The molecular weight excluding hydrogens is 215 g/mol. The fourth-order valence-corrected chi connectivity index (χ4v) is 0.173. The summed E-state index contributed by atoms with van der Waals surface area (Å²) in [5, 5.41) is 16.4. The van der Waals surface area contributed by atoms with E-state index in [2.05, 4.69) is 12.6 Å². The number of rotatable bonds is 2. The third kappa shape index (κ3) is 7.14. The van der Waals surface area contributed by atoms with Crippen molar-refractivity contribution in [2.45, 2.75) is 6.10 Å². The Morgan fingerprint density at radius 2 is 2.00 bits per heavy atom. The maximum absolute atomic E-state index is 8.34. The molecule has 0 bridgehead atoms. The molecule has 0 rings (SSSR count). The van der Waals surface area contributed by atoms with Gasteiger partial charge in [-0.1, -0.05) is 0 Å². The van der Waals surface area contributed by atoms with Gasteiger partial charge in [-0.2, -0.15) is 12.6 Å². The van der Waals surface area contributed by atoms with Gasteiger partial charge in [0.25, 0.3) is 0 Å². The van der Waals surface area contributed by atoms with Crippen LogP contribution in [0.1, 0.15) is 0 Å². The molecule has 2 nitrogen and oxygen atoms in total. The number of thiol groups is 1. The number of aliphatic hydroxyl groups is 2. The maximum atomic E-state index is 8.34. The molecule has 0 aliphatic rings. The van der Waals surface area contributed by atoms with Gasteiger partial charge in [0.1, 0.15) is 0 Å². The molecule has 0 aliphatic carbocycles. The molecule has 2 N–H and O–H groups in total. The summed E-state index contributed by atoms with van der Waals surface area (Å²) in [6.07, 6.45) is -0.645. The number of hydrogen-bond acceptors (Lipinski definition) is 3. The second kappa shape index (κ2) is 7.14. The van der Waals surface area contributed by atoms with E-state index in [4.69, 9.17) is 10.2 Å². The van der Waals surface area contributed by atoms with Gasteiger partial charge >= 0.3 is 0 Å². The molecule has 0 amide bonds. The van der Waals surface area contributed by atoms with Gasteiger partial charge in [-0.05, 0) is 0 Å². The van der Waals surface area contributed by atoms with E-state index in [1.807, 2.05) is 0 Å². The van der Waals surface area contributed by atoms with E-state index in [0.717, 1.165) is 0 Å². The zero-order chi connectivity index (χ0) is 4.99. The van der Waals surface area contributed by atoms with E-state index in [0.29, 0.717) is 5.75 Å². The van der Waals surface area contributed by atoms with Gasteiger partial charge in [0.2, 0.25) is 0 Å². The maximum Gasteiger partial charge on any atom is 0.0858 e. The second-order valence-corrected chi connectivity index (χ2v) is 1.38. The van der Waals surface area contributed by atoms with E-state index in [-0.39, 0.29) is 32.5 Å². The normalized spacial score (nSPS) is 12.4. The van der Waals surface area contributed by atoms with Crippen LogP contribution in [0.3, 0.4) is 0 Å². The third-order valence-electron chi connectivity index (χ3n) is 0.421. The van der Waals surface area contributed by atoms with Crippen LogP contribution in [-0.4, -0.2) is 54.5 Å². The smallest absolute Gasteiger partial charge is 0.0858 e. The van der Waals surface area contributed by atoms with E-state index in [1.165, 1.54) is 0 Å². The number of hydrogen-bond donors (Lipinski definition) is 3. The molecule has 3 radical (unpaired) electrons. The predicted molar refractivity (Wildman–Crippen MR) is 32.7 cm³/mol. The summed E-state index contributed by atoms with van der Waals surface area (Å²) >= 11 is 3.69. The molecule has 41 valence electrons. The summed E-state index contributed by atoms with van der Waals surface area (Å²) in [5.41, 5.74) is 0. The zero-order valence-corrected chi connectivity index (χ0v) is 8.10. The quantitative estimate of drug-likeness (QED) is 0.519. The fourth-order valence-electron chi connectivity index (χ4n) is 0.0577. The Hall–Kier alpha value is 1.14. The molecule has 1 atom stereocenters. The van der Waals surface area contributed by atoms with Gasteiger partial charge < -0.3 is 10.2 Å². The summed E-state index contributed by atoms with van der Waals surface area (Å²) in [4.78, 5) is 0. The summed E-state index contributed by atoms with van der Waals surface area (Å²) in [6, 6.07) is 0. The molecule has 0 saturated heterocycles. The molecule has 0 aromatic rings. The molecule has 0 saturated carbocycles. The van der Waals surface area contributed by atoms with Crippen LogP contribution in [0.5, 0.6) is 0 Å². The first-order valence-corrected chi connectivity index (χ1v) is 2.34. The van der Waals surface area contributed by atoms with Crippen LogP contribution in [0.25, 0.3) is 0 Å². The molecule has 0 heterocycles. The first-order chi connectivity index (χ1) is 2.81. The largest absolute Gasteiger partial charge is 0.394 e. The average molecular weight is 223 g/mol. The van der Waals surface area contributed by atoms with Crippen molar-refractivity contribution in [3.8, 4) is 0 Å². The molecule has 0 spiro atoms. The van der Waals surface area contributed by atoms with Crippen LogP contribution in [0, 0.1) is 0 Å². The van der Waals surface area contributed by atoms with Gasteiger partial charge in [0.15, 0.2) is 0 Å². The minimum absolute atomic E-state index is 0. The third-order valence-corrected chi connectivity index (χ3v) is 0.843.